The molecule has 1 aromatic carbocycles. The quantitative estimate of drug-likeness (QED) is 0.906. The smallest absolute Gasteiger partial charge is 0.247 e. The number of hydrogen-bond acceptors (Lipinski definition) is 5. The summed E-state index contributed by atoms with van der Waals surface area (Å²) in [5, 5.41) is 17.5. The minimum Gasteiger partial charge on any atom is -0.419 e. The van der Waals surface area contributed by atoms with Crippen molar-refractivity contribution in [2.45, 2.75) is 32.9 Å². The summed E-state index contributed by atoms with van der Waals surface area (Å²) in [6.45, 7) is 6.54. The third-order valence-electron chi connectivity index (χ3n) is 3.56. The number of benzene rings is 1. The average molecular weight is 275 g/mol. The van der Waals surface area contributed by atoms with E-state index in [2.05, 4.69) is 10.2 Å². The molecule has 0 amide bonds. The molecule has 2 rings (SSSR count). The summed E-state index contributed by atoms with van der Waals surface area (Å²) in [6.07, 6.45) is 0. The predicted molar refractivity (Wildman–Crippen MR) is 77.1 cm³/mol. The second kappa shape index (κ2) is 5.73. The molecule has 2 aromatic rings. The first-order chi connectivity index (χ1) is 9.42. The van der Waals surface area contributed by atoms with E-state index in [1.807, 2.05) is 57.0 Å². The number of aliphatic hydroxyl groups excluding tert-OH is 1. The SMILES string of the molecule is Cc1ccc(-c2nnc(CN(C)C(C)(C)CO)o2)cc1. The molecule has 0 fully saturated rings. The van der Waals surface area contributed by atoms with E-state index in [1.54, 1.807) is 0 Å². The van der Waals surface area contributed by atoms with Crippen LogP contribution in [0.4, 0.5) is 0 Å². The Kier molecular flexibility index (Phi) is 4.20. The number of aliphatic hydroxyl groups is 1. The van der Waals surface area contributed by atoms with Crippen LogP contribution in [-0.4, -0.2) is 39.4 Å². The Morgan fingerprint density at radius 1 is 1.20 bits per heavy atom. The van der Waals surface area contributed by atoms with Crippen molar-refractivity contribution in [1.29, 1.82) is 0 Å². The lowest BCUT2D eigenvalue weighted by Crippen LogP contribution is -2.43. The zero-order valence-corrected chi connectivity index (χ0v) is 12.4. The van der Waals surface area contributed by atoms with E-state index in [1.165, 1.54) is 5.56 Å². The minimum atomic E-state index is -0.321. The molecule has 1 aromatic heterocycles. The zero-order chi connectivity index (χ0) is 14.8. The van der Waals surface area contributed by atoms with Crippen molar-refractivity contribution in [3.8, 4) is 11.5 Å². The van der Waals surface area contributed by atoms with Crippen molar-refractivity contribution < 1.29 is 9.52 Å². The van der Waals surface area contributed by atoms with Crippen LogP contribution < -0.4 is 0 Å². The molecule has 20 heavy (non-hydrogen) atoms. The van der Waals surface area contributed by atoms with Gasteiger partial charge in [0.2, 0.25) is 11.8 Å². The molecule has 0 bridgehead atoms. The molecule has 0 unspecified atom stereocenters. The summed E-state index contributed by atoms with van der Waals surface area (Å²) in [5.74, 6) is 1.07. The van der Waals surface area contributed by atoms with Gasteiger partial charge in [0.15, 0.2) is 0 Å². The molecule has 1 heterocycles. The predicted octanol–water partition coefficient (Wildman–Crippen LogP) is 2.25. The van der Waals surface area contributed by atoms with Gasteiger partial charge in [-0.3, -0.25) is 4.90 Å². The third kappa shape index (κ3) is 3.23. The van der Waals surface area contributed by atoms with Crippen LogP contribution in [0.1, 0.15) is 25.3 Å². The van der Waals surface area contributed by atoms with Gasteiger partial charge in [0.1, 0.15) is 0 Å². The molecule has 5 heteroatoms. The molecular weight excluding hydrogens is 254 g/mol. The number of aryl methyl sites for hydroxylation is 1. The Labute approximate surface area is 119 Å². The number of aromatic nitrogens is 2. The first-order valence-electron chi connectivity index (χ1n) is 6.64. The maximum Gasteiger partial charge on any atom is 0.247 e. The van der Waals surface area contributed by atoms with Crippen molar-refractivity contribution in [1.82, 2.24) is 15.1 Å². The Morgan fingerprint density at radius 2 is 1.85 bits per heavy atom. The summed E-state index contributed by atoms with van der Waals surface area (Å²) in [4.78, 5) is 1.99. The van der Waals surface area contributed by atoms with Gasteiger partial charge in [-0.15, -0.1) is 10.2 Å². The lowest BCUT2D eigenvalue weighted by Gasteiger charge is -2.32. The third-order valence-corrected chi connectivity index (χ3v) is 3.56. The van der Waals surface area contributed by atoms with E-state index in [4.69, 9.17) is 4.42 Å². The molecule has 0 saturated heterocycles. The molecule has 0 aliphatic rings. The van der Waals surface area contributed by atoms with Gasteiger partial charge in [0.25, 0.3) is 0 Å². The Balaban J connectivity index is 2.11. The van der Waals surface area contributed by atoms with Crippen molar-refractivity contribution in [3.63, 3.8) is 0 Å². The molecule has 108 valence electrons. The van der Waals surface area contributed by atoms with Gasteiger partial charge in [-0.25, -0.2) is 0 Å². The van der Waals surface area contributed by atoms with E-state index in [9.17, 15) is 5.11 Å². The lowest BCUT2D eigenvalue weighted by molar-refractivity contribution is 0.0670. The van der Waals surface area contributed by atoms with Gasteiger partial charge in [-0.05, 0) is 40.0 Å². The summed E-state index contributed by atoms with van der Waals surface area (Å²) < 4.78 is 5.67. The number of hydrogen-bond donors (Lipinski definition) is 1. The van der Waals surface area contributed by atoms with E-state index in [0.717, 1.165) is 5.56 Å². The van der Waals surface area contributed by atoms with E-state index in [-0.39, 0.29) is 12.1 Å². The average Bonchev–Trinajstić information content (AvgIpc) is 2.88. The van der Waals surface area contributed by atoms with Gasteiger partial charge in [0, 0.05) is 11.1 Å². The molecule has 0 atom stereocenters. The topological polar surface area (TPSA) is 62.4 Å². The highest BCUT2D eigenvalue weighted by molar-refractivity contribution is 5.52. The van der Waals surface area contributed by atoms with Gasteiger partial charge < -0.3 is 9.52 Å². The van der Waals surface area contributed by atoms with E-state index in [0.29, 0.717) is 18.3 Å². The van der Waals surface area contributed by atoms with Gasteiger partial charge in [-0.1, -0.05) is 17.7 Å². The molecule has 0 aliphatic heterocycles. The van der Waals surface area contributed by atoms with Crippen LogP contribution in [0.25, 0.3) is 11.5 Å². The fraction of sp³-hybridized carbons (Fsp3) is 0.467. The number of nitrogens with zero attached hydrogens (tertiary/aromatic N) is 3. The largest absolute Gasteiger partial charge is 0.419 e. The van der Waals surface area contributed by atoms with Crippen LogP contribution in [0.2, 0.25) is 0 Å². The molecular formula is C15H21N3O2. The zero-order valence-electron chi connectivity index (χ0n) is 12.4. The number of likely N-dealkylation sites (N-methyl/N-ethyl adjacent to an activating group) is 1. The van der Waals surface area contributed by atoms with Gasteiger partial charge in [-0.2, -0.15) is 0 Å². The molecule has 0 radical (unpaired) electrons. The first-order valence-corrected chi connectivity index (χ1v) is 6.64. The normalized spacial score (nSPS) is 12.1. The van der Waals surface area contributed by atoms with Crippen LogP contribution in [0.5, 0.6) is 0 Å². The van der Waals surface area contributed by atoms with Crippen molar-refractivity contribution >= 4 is 0 Å². The van der Waals surface area contributed by atoms with Crippen LogP contribution in [-0.2, 0) is 6.54 Å². The van der Waals surface area contributed by atoms with Crippen LogP contribution in [0.15, 0.2) is 28.7 Å². The molecule has 5 nitrogen and oxygen atoms in total. The maximum absolute atomic E-state index is 9.34. The second-order valence-corrected chi connectivity index (χ2v) is 5.69. The van der Waals surface area contributed by atoms with Gasteiger partial charge in [0.05, 0.1) is 13.2 Å². The van der Waals surface area contributed by atoms with Crippen molar-refractivity contribution in [2.24, 2.45) is 0 Å². The minimum absolute atomic E-state index is 0.0719. The Morgan fingerprint density at radius 3 is 2.45 bits per heavy atom. The van der Waals surface area contributed by atoms with Gasteiger partial charge >= 0.3 is 0 Å². The summed E-state index contributed by atoms with van der Waals surface area (Å²) in [7, 11) is 1.92. The summed E-state index contributed by atoms with van der Waals surface area (Å²) in [6, 6.07) is 7.96. The summed E-state index contributed by atoms with van der Waals surface area (Å²) in [5.41, 5.74) is 1.79. The van der Waals surface area contributed by atoms with E-state index < -0.39 is 0 Å². The first kappa shape index (κ1) is 14.7. The Bertz CT molecular complexity index is 561. The van der Waals surface area contributed by atoms with Crippen molar-refractivity contribution in [2.75, 3.05) is 13.7 Å². The van der Waals surface area contributed by atoms with E-state index >= 15 is 0 Å². The maximum atomic E-state index is 9.34. The highest BCUT2D eigenvalue weighted by Gasteiger charge is 2.24. The lowest BCUT2D eigenvalue weighted by atomic mass is 10.1. The van der Waals surface area contributed by atoms with Crippen LogP contribution >= 0.6 is 0 Å². The molecule has 1 N–H and O–H groups in total. The Hall–Kier alpha value is -1.72. The fourth-order valence-electron chi connectivity index (χ4n) is 1.67. The second-order valence-electron chi connectivity index (χ2n) is 5.69. The molecule has 0 saturated carbocycles. The fourth-order valence-corrected chi connectivity index (χ4v) is 1.67. The van der Waals surface area contributed by atoms with Crippen molar-refractivity contribution in [3.05, 3.63) is 35.7 Å². The standard InChI is InChI=1S/C15H21N3O2/c1-11-5-7-12(8-6-11)14-17-16-13(20-14)9-18(4)15(2,3)10-19/h5-8,19H,9-10H2,1-4H3. The number of rotatable bonds is 5. The van der Waals surface area contributed by atoms with Crippen LogP contribution in [0.3, 0.4) is 0 Å². The highest BCUT2D eigenvalue weighted by atomic mass is 16.4. The monoisotopic (exact) mass is 275 g/mol. The molecule has 0 aliphatic carbocycles. The molecule has 0 spiro atoms. The highest BCUT2D eigenvalue weighted by Crippen LogP contribution is 2.20. The van der Waals surface area contributed by atoms with Crippen LogP contribution in [0, 0.1) is 6.92 Å². The summed E-state index contributed by atoms with van der Waals surface area (Å²) >= 11 is 0.